The van der Waals surface area contributed by atoms with Gasteiger partial charge >= 0.3 is 11.9 Å². The fourth-order valence-corrected chi connectivity index (χ4v) is 6.52. The fraction of sp³-hybridized carbons (Fsp3) is 0.500. The van der Waals surface area contributed by atoms with Gasteiger partial charge in [-0.25, -0.2) is 14.6 Å². The lowest BCUT2D eigenvalue weighted by Gasteiger charge is -2.49. The van der Waals surface area contributed by atoms with E-state index >= 15 is 0 Å². The first-order chi connectivity index (χ1) is 18.0. The standard InChI is InChI=1S/C22H27N5O8S3/c1-5-6-36-12-9-37-19-15(18(31)27(19)16(12)20(32)33)25-17(30)14(11-8-38-21(24-11)23-10-28)26-34-7-13(29)35-22(2,3)4/h8,10,15,19H,5-7,9H2,1-4H3,(H,25,30)(H,32,33)(H,23,24,28)/t15?,19-/m0/s1. The molecular weight excluding hydrogens is 558 g/mol. The number of oxime groups is 1. The molecule has 1 unspecified atom stereocenters. The van der Waals surface area contributed by atoms with Gasteiger partial charge in [-0.05, 0) is 32.9 Å². The minimum atomic E-state index is -1.21. The number of aliphatic carboxylic acids is 1. The Balaban J connectivity index is 1.77. The lowest BCUT2D eigenvalue weighted by molar-refractivity contribution is -0.160. The number of esters is 1. The van der Waals surface area contributed by atoms with Crippen molar-refractivity contribution in [1.82, 2.24) is 15.2 Å². The summed E-state index contributed by atoms with van der Waals surface area (Å²) in [4.78, 5) is 71.7. The first-order valence-electron chi connectivity index (χ1n) is 11.4. The number of hydrogen-bond acceptors (Lipinski definition) is 12. The Hall–Kier alpha value is -3.11. The van der Waals surface area contributed by atoms with E-state index in [9.17, 15) is 29.1 Å². The maximum absolute atomic E-state index is 13.2. The molecule has 0 saturated carbocycles. The third-order valence-corrected chi connectivity index (χ3v) is 8.34. The molecule has 1 fully saturated rings. The van der Waals surface area contributed by atoms with Gasteiger partial charge in [-0.15, -0.1) is 34.9 Å². The molecule has 2 aliphatic heterocycles. The Morgan fingerprint density at radius 3 is 2.74 bits per heavy atom. The number of nitrogens with one attached hydrogen (secondary N) is 2. The number of thioether (sulfide) groups is 2. The van der Waals surface area contributed by atoms with Crippen LogP contribution < -0.4 is 10.6 Å². The van der Waals surface area contributed by atoms with Crippen molar-refractivity contribution >= 4 is 75.9 Å². The summed E-state index contributed by atoms with van der Waals surface area (Å²) in [6, 6.07) is -1.01. The average molecular weight is 586 g/mol. The Labute approximate surface area is 230 Å². The largest absolute Gasteiger partial charge is 0.477 e. The van der Waals surface area contributed by atoms with Gasteiger partial charge in [0, 0.05) is 16.0 Å². The van der Waals surface area contributed by atoms with Crippen molar-refractivity contribution in [2.45, 2.75) is 51.1 Å². The molecule has 16 heteroatoms. The molecule has 13 nitrogen and oxygen atoms in total. The number of carbonyl (C=O) groups is 5. The lowest BCUT2D eigenvalue weighted by atomic mass is 10.0. The van der Waals surface area contributed by atoms with Gasteiger partial charge in [0.05, 0.1) is 0 Å². The van der Waals surface area contributed by atoms with Crippen molar-refractivity contribution in [3.05, 3.63) is 21.7 Å². The van der Waals surface area contributed by atoms with E-state index in [1.807, 2.05) is 6.92 Å². The molecular formula is C22H27N5O8S3. The normalized spacial score (nSPS) is 19.3. The van der Waals surface area contributed by atoms with Gasteiger partial charge < -0.3 is 25.3 Å². The number of thiazole rings is 1. The van der Waals surface area contributed by atoms with E-state index in [1.54, 1.807) is 20.8 Å². The molecule has 0 radical (unpaired) electrons. The Morgan fingerprint density at radius 1 is 1.37 bits per heavy atom. The number of amides is 3. The lowest BCUT2D eigenvalue weighted by Crippen LogP contribution is -2.71. The number of carboxylic acid groups (broad SMARTS) is 1. The predicted molar refractivity (Wildman–Crippen MR) is 143 cm³/mol. The van der Waals surface area contributed by atoms with Crippen LogP contribution in [0.5, 0.6) is 0 Å². The van der Waals surface area contributed by atoms with Crippen LogP contribution in [0.4, 0.5) is 5.13 Å². The fourth-order valence-electron chi connectivity index (χ4n) is 3.36. The van der Waals surface area contributed by atoms with Crippen LogP contribution in [0.3, 0.4) is 0 Å². The quantitative estimate of drug-likeness (QED) is 0.107. The number of aromatic nitrogens is 1. The molecule has 3 heterocycles. The summed E-state index contributed by atoms with van der Waals surface area (Å²) >= 11 is 3.77. The van der Waals surface area contributed by atoms with Crippen LogP contribution in [-0.4, -0.2) is 86.0 Å². The monoisotopic (exact) mass is 585 g/mol. The molecule has 0 aromatic carbocycles. The highest BCUT2D eigenvalue weighted by atomic mass is 32.2. The molecule has 0 aliphatic carbocycles. The van der Waals surface area contributed by atoms with Crippen LogP contribution in [0.1, 0.15) is 39.8 Å². The smallest absolute Gasteiger partial charge is 0.353 e. The van der Waals surface area contributed by atoms with Crippen LogP contribution >= 0.6 is 34.9 Å². The Bertz CT molecular complexity index is 1180. The summed E-state index contributed by atoms with van der Waals surface area (Å²) < 4.78 is 5.15. The van der Waals surface area contributed by atoms with Gasteiger partial charge in [0.25, 0.3) is 11.8 Å². The van der Waals surface area contributed by atoms with E-state index in [0.717, 1.165) is 23.5 Å². The molecule has 3 rings (SSSR count). The zero-order chi connectivity index (χ0) is 28.0. The number of carboxylic acids is 1. The second-order valence-electron chi connectivity index (χ2n) is 8.89. The summed E-state index contributed by atoms with van der Waals surface area (Å²) in [6.45, 7) is 6.44. The zero-order valence-corrected chi connectivity index (χ0v) is 23.5. The number of ether oxygens (including phenoxy) is 1. The summed E-state index contributed by atoms with van der Waals surface area (Å²) in [5.41, 5.74) is -1.13. The van der Waals surface area contributed by atoms with Crippen molar-refractivity contribution in [2.24, 2.45) is 5.16 Å². The molecule has 1 saturated heterocycles. The molecule has 3 N–H and O–H groups in total. The van der Waals surface area contributed by atoms with Gasteiger partial charge in [-0.2, -0.15) is 0 Å². The van der Waals surface area contributed by atoms with Gasteiger partial charge in [0.15, 0.2) is 10.8 Å². The van der Waals surface area contributed by atoms with Gasteiger partial charge in [-0.1, -0.05) is 12.1 Å². The van der Waals surface area contributed by atoms with Crippen LogP contribution in [0, 0.1) is 0 Å². The molecule has 0 spiro atoms. The van der Waals surface area contributed by atoms with Crippen molar-refractivity contribution in [3.63, 3.8) is 0 Å². The second kappa shape index (κ2) is 12.6. The summed E-state index contributed by atoms with van der Waals surface area (Å²) in [6.07, 6.45) is 1.27. The van der Waals surface area contributed by atoms with Crippen LogP contribution in [0.25, 0.3) is 0 Å². The van der Waals surface area contributed by atoms with Crippen LogP contribution in [0.2, 0.25) is 0 Å². The molecule has 2 atom stereocenters. The maximum atomic E-state index is 13.2. The second-order valence-corrected chi connectivity index (χ2v) is 12.0. The van der Waals surface area contributed by atoms with Gasteiger partial charge in [0.1, 0.15) is 28.4 Å². The average Bonchev–Trinajstić information content (AvgIpc) is 3.30. The van der Waals surface area contributed by atoms with E-state index in [1.165, 1.54) is 33.8 Å². The summed E-state index contributed by atoms with van der Waals surface area (Å²) in [5.74, 6) is -2.21. The summed E-state index contributed by atoms with van der Waals surface area (Å²) in [7, 11) is 0. The minimum absolute atomic E-state index is 0.0327. The molecule has 1 aromatic rings. The topological polar surface area (TPSA) is 177 Å². The molecule has 3 amide bonds. The third kappa shape index (κ3) is 7.05. The summed E-state index contributed by atoms with van der Waals surface area (Å²) in [5, 5.41) is 19.4. The highest BCUT2D eigenvalue weighted by Gasteiger charge is 2.54. The van der Waals surface area contributed by atoms with E-state index in [2.05, 4.69) is 20.8 Å². The number of carbonyl (C=O) groups excluding carboxylic acids is 4. The SMILES string of the molecule is CCCSC1=C(C(=O)O)N2C(=O)C(NC(=O)C(=NOCC(=O)OC(C)(C)C)c3csc(NC=O)n3)[C@@H]2SC1. The third-order valence-electron chi connectivity index (χ3n) is 4.81. The molecule has 0 bridgehead atoms. The maximum Gasteiger partial charge on any atom is 0.353 e. The highest BCUT2D eigenvalue weighted by Crippen LogP contribution is 2.43. The van der Waals surface area contributed by atoms with Crippen LogP contribution in [-0.2, 0) is 33.5 Å². The van der Waals surface area contributed by atoms with E-state index in [0.29, 0.717) is 17.1 Å². The number of anilines is 1. The number of nitrogens with zero attached hydrogens (tertiary/aromatic N) is 3. The molecule has 2 aliphatic rings. The number of hydrogen-bond donors (Lipinski definition) is 3. The zero-order valence-electron chi connectivity index (χ0n) is 21.0. The Kier molecular flexibility index (Phi) is 9.78. The van der Waals surface area contributed by atoms with E-state index in [4.69, 9.17) is 9.57 Å². The van der Waals surface area contributed by atoms with Crippen molar-refractivity contribution < 1.29 is 38.7 Å². The highest BCUT2D eigenvalue weighted by molar-refractivity contribution is 8.06. The van der Waals surface area contributed by atoms with Crippen molar-refractivity contribution in [3.8, 4) is 0 Å². The molecule has 1 aromatic heterocycles. The molecule has 38 heavy (non-hydrogen) atoms. The first-order valence-corrected chi connectivity index (χ1v) is 14.3. The Morgan fingerprint density at radius 2 is 2.11 bits per heavy atom. The number of rotatable bonds is 12. The van der Waals surface area contributed by atoms with Gasteiger partial charge in [0.2, 0.25) is 13.0 Å². The van der Waals surface area contributed by atoms with E-state index < -0.39 is 47.4 Å². The predicted octanol–water partition coefficient (Wildman–Crippen LogP) is 1.61. The molecule has 206 valence electrons. The number of fused-ring (bicyclic) bond motifs is 1. The van der Waals surface area contributed by atoms with Crippen molar-refractivity contribution in [2.75, 3.05) is 23.4 Å². The first kappa shape index (κ1) is 29.4. The van der Waals surface area contributed by atoms with Crippen LogP contribution in [0.15, 0.2) is 21.1 Å². The van der Waals surface area contributed by atoms with Gasteiger partial charge in [-0.3, -0.25) is 19.3 Å². The number of β-lactam (4-membered cyclic amide) rings is 1. The van der Waals surface area contributed by atoms with E-state index in [-0.39, 0.29) is 22.2 Å². The minimum Gasteiger partial charge on any atom is -0.477 e. The van der Waals surface area contributed by atoms with Crippen molar-refractivity contribution in [1.29, 1.82) is 0 Å².